The lowest BCUT2D eigenvalue weighted by atomic mass is 9.95. The number of anilines is 1. The zero-order chi connectivity index (χ0) is 29.6. The van der Waals surface area contributed by atoms with Gasteiger partial charge in [-0.25, -0.2) is 8.42 Å². The summed E-state index contributed by atoms with van der Waals surface area (Å²) in [7, 11) is -4.10. The minimum atomic E-state index is -4.10. The normalized spacial score (nSPS) is 14.7. The predicted molar refractivity (Wildman–Crippen MR) is 166 cm³/mol. The molecule has 1 atom stereocenters. The summed E-state index contributed by atoms with van der Waals surface area (Å²) in [5.41, 5.74) is 3.16. The lowest BCUT2D eigenvalue weighted by Gasteiger charge is -2.33. The SMILES string of the molecule is Cc1ccc(S(=O)(=O)N(CC(=O)N(Cc2ccccc2C)[C@H](C)C(=O)NC2CCCCC2)c2cccc(Br)c2)cc1. The van der Waals surface area contributed by atoms with E-state index in [9.17, 15) is 18.0 Å². The van der Waals surface area contributed by atoms with Gasteiger partial charge in [0.15, 0.2) is 0 Å². The number of halogens is 1. The Balaban J connectivity index is 1.68. The van der Waals surface area contributed by atoms with Crippen molar-refractivity contribution < 1.29 is 18.0 Å². The van der Waals surface area contributed by atoms with Crippen molar-refractivity contribution in [3.05, 3.63) is 94.0 Å². The molecule has 41 heavy (non-hydrogen) atoms. The maximum Gasteiger partial charge on any atom is 0.264 e. The molecule has 3 aromatic rings. The molecule has 218 valence electrons. The summed E-state index contributed by atoms with van der Waals surface area (Å²) in [4.78, 5) is 29.1. The zero-order valence-corrected chi connectivity index (χ0v) is 26.2. The minimum absolute atomic E-state index is 0.0874. The van der Waals surface area contributed by atoms with Gasteiger partial charge in [0.1, 0.15) is 12.6 Å². The van der Waals surface area contributed by atoms with E-state index in [1.807, 2.05) is 38.1 Å². The summed E-state index contributed by atoms with van der Waals surface area (Å²) in [5, 5.41) is 3.14. The van der Waals surface area contributed by atoms with Gasteiger partial charge in [-0.2, -0.15) is 0 Å². The molecule has 4 rings (SSSR count). The zero-order valence-electron chi connectivity index (χ0n) is 23.8. The Labute approximate surface area is 252 Å². The molecular formula is C32H38BrN3O4S. The average Bonchev–Trinajstić information content (AvgIpc) is 2.95. The molecule has 0 heterocycles. The van der Waals surface area contributed by atoms with Crippen LogP contribution in [0.4, 0.5) is 5.69 Å². The number of carbonyl (C=O) groups is 2. The van der Waals surface area contributed by atoms with Crippen molar-refractivity contribution in [2.24, 2.45) is 0 Å². The van der Waals surface area contributed by atoms with Crippen molar-refractivity contribution >= 4 is 43.5 Å². The van der Waals surface area contributed by atoms with Gasteiger partial charge in [-0.3, -0.25) is 13.9 Å². The third-order valence-electron chi connectivity index (χ3n) is 7.70. The van der Waals surface area contributed by atoms with Gasteiger partial charge in [-0.15, -0.1) is 0 Å². The van der Waals surface area contributed by atoms with Gasteiger partial charge in [-0.1, -0.05) is 83.2 Å². The summed E-state index contributed by atoms with van der Waals surface area (Å²) in [5.74, 6) is -0.690. The first-order chi connectivity index (χ1) is 19.6. The van der Waals surface area contributed by atoms with Crippen molar-refractivity contribution in [1.29, 1.82) is 0 Å². The van der Waals surface area contributed by atoms with E-state index in [2.05, 4.69) is 21.2 Å². The number of rotatable bonds is 10. The summed E-state index contributed by atoms with van der Waals surface area (Å²) >= 11 is 3.43. The Bertz CT molecular complexity index is 1470. The van der Waals surface area contributed by atoms with Crippen molar-refractivity contribution in [2.75, 3.05) is 10.8 Å². The summed E-state index contributed by atoms with van der Waals surface area (Å²) < 4.78 is 29.7. The van der Waals surface area contributed by atoms with Gasteiger partial charge in [0.05, 0.1) is 10.6 Å². The van der Waals surface area contributed by atoms with Crippen LogP contribution in [0.5, 0.6) is 0 Å². The first kappa shape index (κ1) is 30.8. The summed E-state index contributed by atoms with van der Waals surface area (Å²) in [6.07, 6.45) is 5.17. The van der Waals surface area contributed by atoms with Crippen LogP contribution in [0.1, 0.15) is 55.7 Å². The molecule has 0 spiro atoms. The molecule has 7 nitrogen and oxygen atoms in total. The van der Waals surface area contributed by atoms with Gasteiger partial charge in [-0.05, 0) is 75.1 Å². The molecule has 1 N–H and O–H groups in total. The van der Waals surface area contributed by atoms with E-state index in [4.69, 9.17) is 0 Å². The Morgan fingerprint density at radius 2 is 1.63 bits per heavy atom. The topological polar surface area (TPSA) is 86.8 Å². The number of amides is 2. The van der Waals surface area contributed by atoms with E-state index >= 15 is 0 Å². The third kappa shape index (κ3) is 7.77. The van der Waals surface area contributed by atoms with Crippen LogP contribution >= 0.6 is 15.9 Å². The number of benzene rings is 3. The van der Waals surface area contributed by atoms with Crippen molar-refractivity contribution in [3.63, 3.8) is 0 Å². The Kier molecular flexibility index (Phi) is 10.3. The van der Waals surface area contributed by atoms with Gasteiger partial charge < -0.3 is 10.2 Å². The number of carbonyl (C=O) groups excluding carboxylic acids is 2. The molecule has 0 saturated heterocycles. The summed E-state index contributed by atoms with van der Waals surface area (Å²) in [6, 6.07) is 20.4. The van der Waals surface area contributed by atoms with Gasteiger partial charge in [0.25, 0.3) is 10.0 Å². The van der Waals surface area contributed by atoms with Crippen LogP contribution in [0.15, 0.2) is 82.2 Å². The molecule has 0 unspecified atom stereocenters. The van der Waals surface area contributed by atoms with Crippen LogP contribution in [0.2, 0.25) is 0 Å². The van der Waals surface area contributed by atoms with Crippen LogP contribution in [0.25, 0.3) is 0 Å². The highest BCUT2D eigenvalue weighted by atomic mass is 79.9. The number of hydrogen-bond acceptors (Lipinski definition) is 4. The number of aryl methyl sites for hydroxylation is 2. The number of nitrogens with one attached hydrogen (secondary N) is 1. The van der Waals surface area contributed by atoms with Crippen LogP contribution in [-0.2, 0) is 26.2 Å². The Morgan fingerprint density at radius 1 is 0.951 bits per heavy atom. The maximum atomic E-state index is 14.1. The molecule has 9 heteroatoms. The second kappa shape index (κ2) is 13.7. The molecule has 1 saturated carbocycles. The van der Waals surface area contributed by atoms with Crippen LogP contribution in [0, 0.1) is 13.8 Å². The van der Waals surface area contributed by atoms with Gasteiger partial charge in [0.2, 0.25) is 11.8 Å². The highest BCUT2D eigenvalue weighted by molar-refractivity contribution is 9.10. The fraction of sp³-hybridized carbons (Fsp3) is 0.375. The molecular weight excluding hydrogens is 602 g/mol. The molecule has 1 aliphatic carbocycles. The highest BCUT2D eigenvalue weighted by Gasteiger charge is 2.33. The molecule has 0 aromatic heterocycles. The molecule has 3 aromatic carbocycles. The van der Waals surface area contributed by atoms with E-state index in [1.54, 1.807) is 55.5 Å². The van der Waals surface area contributed by atoms with Gasteiger partial charge >= 0.3 is 0 Å². The highest BCUT2D eigenvalue weighted by Crippen LogP contribution is 2.27. The lowest BCUT2D eigenvalue weighted by molar-refractivity contribution is -0.139. The average molecular weight is 641 g/mol. The quantitative estimate of drug-likeness (QED) is 0.289. The third-order valence-corrected chi connectivity index (χ3v) is 9.99. The standard InChI is InChI=1S/C32H38BrN3O4S/c1-23-16-18-30(19-17-23)41(39,40)36(29-15-9-12-27(33)20-29)22-31(37)35(21-26-11-8-7-10-24(26)2)25(3)32(38)34-28-13-5-4-6-14-28/h7-12,15-20,25,28H,4-6,13-14,21-22H2,1-3H3,(H,34,38)/t25-/m1/s1. The fourth-order valence-electron chi connectivity index (χ4n) is 5.12. The van der Waals surface area contributed by atoms with Crippen LogP contribution < -0.4 is 9.62 Å². The Morgan fingerprint density at radius 3 is 2.29 bits per heavy atom. The smallest absolute Gasteiger partial charge is 0.264 e. The van der Waals surface area contributed by atoms with Gasteiger partial charge in [0, 0.05) is 17.1 Å². The van der Waals surface area contributed by atoms with Crippen LogP contribution in [0.3, 0.4) is 0 Å². The monoisotopic (exact) mass is 639 g/mol. The molecule has 1 aliphatic rings. The second-order valence-electron chi connectivity index (χ2n) is 10.8. The maximum absolute atomic E-state index is 14.1. The predicted octanol–water partition coefficient (Wildman–Crippen LogP) is 6.13. The van der Waals surface area contributed by atoms with Crippen molar-refractivity contribution in [3.8, 4) is 0 Å². The second-order valence-corrected chi connectivity index (χ2v) is 13.6. The molecule has 1 fully saturated rings. The van der Waals surface area contributed by atoms with E-state index in [-0.39, 0.29) is 23.4 Å². The lowest BCUT2D eigenvalue weighted by Crippen LogP contribution is -2.53. The molecule has 0 bridgehead atoms. The fourth-order valence-corrected chi connectivity index (χ4v) is 6.91. The largest absolute Gasteiger partial charge is 0.352 e. The number of nitrogens with zero attached hydrogens (tertiary/aromatic N) is 2. The van der Waals surface area contributed by atoms with E-state index < -0.39 is 28.5 Å². The van der Waals surface area contributed by atoms with Crippen molar-refractivity contribution in [2.45, 2.75) is 76.4 Å². The first-order valence-electron chi connectivity index (χ1n) is 14.1. The number of sulfonamides is 1. The summed E-state index contributed by atoms with van der Waals surface area (Å²) in [6.45, 7) is 5.28. The van der Waals surface area contributed by atoms with Crippen LogP contribution in [-0.4, -0.2) is 43.8 Å². The van der Waals surface area contributed by atoms with E-state index in [0.29, 0.717) is 10.2 Å². The first-order valence-corrected chi connectivity index (χ1v) is 16.3. The Hall–Kier alpha value is -3.17. The minimum Gasteiger partial charge on any atom is -0.352 e. The number of hydrogen-bond donors (Lipinski definition) is 1. The molecule has 0 aliphatic heterocycles. The molecule has 2 amide bonds. The van der Waals surface area contributed by atoms with E-state index in [0.717, 1.165) is 46.7 Å². The molecule has 0 radical (unpaired) electrons. The van der Waals surface area contributed by atoms with E-state index in [1.165, 1.54) is 11.3 Å². The van der Waals surface area contributed by atoms with Crippen molar-refractivity contribution in [1.82, 2.24) is 10.2 Å².